The number of fused-ring (bicyclic) bond motifs is 1. The monoisotopic (exact) mass is 1260 g/mol. The van der Waals surface area contributed by atoms with E-state index in [1.165, 1.54) is 9.96 Å². The summed E-state index contributed by atoms with van der Waals surface area (Å²) in [5, 5.41) is 14.8. The number of hydrogen-bond acceptors (Lipinski definition) is 21. The van der Waals surface area contributed by atoms with E-state index in [2.05, 4.69) is 15.0 Å². The van der Waals surface area contributed by atoms with E-state index in [1.807, 2.05) is 32.0 Å². The molecule has 1 fully saturated rings. The van der Waals surface area contributed by atoms with Gasteiger partial charge in [-0.15, -0.1) is 0 Å². The third kappa shape index (κ3) is 24.1. The van der Waals surface area contributed by atoms with Crippen molar-refractivity contribution in [3.8, 4) is 16.9 Å². The molecule has 0 radical (unpaired) electrons. The van der Waals surface area contributed by atoms with E-state index in [-0.39, 0.29) is 84.0 Å². The summed E-state index contributed by atoms with van der Waals surface area (Å²) in [6.45, 7) is 10.3. The molecule has 3 aromatic carbocycles. The second-order valence-corrected chi connectivity index (χ2v) is 20.3. The van der Waals surface area contributed by atoms with Gasteiger partial charge in [-0.2, -0.15) is 17.2 Å². The molecular weight excluding hydrogens is 1180 g/mol. The van der Waals surface area contributed by atoms with E-state index in [1.54, 1.807) is 30.3 Å². The van der Waals surface area contributed by atoms with Crippen LogP contribution >= 0.6 is 0 Å². The molecule has 2 heterocycles. The second-order valence-electron chi connectivity index (χ2n) is 19.0. The molecule has 2 atom stereocenters. The Bertz CT molecular complexity index is 2800. The fourth-order valence-corrected chi connectivity index (χ4v) is 9.03. The van der Waals surface area contributed by atoms with Crippen LogP contribution in [-0.4, -0.2) is 228 Å². The number of esters is 1. The summed E-state index contributed by atoms with van der Waals surface area (Å²) in [6, 6.07) is 11.6. The molecule has 1 saturated heterocycles. The Kier molecular flexibility index (Phi) is 32.1. The number of nitrogens with zero attached hydrogens (tertiary/aromatic N) is 3. The van der Waals surface area contributed by atoms with Gasteiger partial charge in [-0.3, -0.25) is 28.6 Å². The minimum absolute atomic E-state index is 0.00999. The van der Waals surface area contributed by atoms with Gasteiger partial charge in [-0.25, -0.2) is 18.8 Å². The molecule has 0 unspecified atom stereocenters. The number of ether oxygens (including phenoxy) is 11. The highest BCUT2D eigenvalue weighted by Gasteiger charge is 2.41. The average molecular weight is 1260 g/mol. The smallest absolute Gasteiger partial charge is 0.313 e. The number of aliphatic hydroxyl groups excluding tert-OH is 1. The van der Waals surface area contributed by atoms with E-state index >= 15 is 0 Å². The number of aliphatic hydroxyl groups is 1. The number of amides is 3. The molecule has 5 rings (SSSR count). The number of nitrogens with one attached hydrogen (secondary N) is 1. The highest BCUT2D eigenvalue weighted by atomic mass is 32.2. The number of amidine groups is 1. The Labute approximate surface area is 501 Å². The molecule has 30 heteroatoms. The lowest BCUT2D eigenvalue weighted by Crippen LogP contribution is -2.50. The summed E-state index contributed by atoms with van der Waals surface area (Å²) in [5.41, 5.74) is 10.1. The molecule has 0 spiro atoms. The first-order valence-corrected chi connectivity index (χ1v) is 29.7. The first kappa shape index (κ1) is 71.7. The minimum atomic E-state index is -5.66. The summed E-state index contributed by atoms with van der Waals surface area (Å²) < 4.78 is 145. The maximum atomic E-state index is 14.0. The number of halogens is 4. The number of hydroxylamine groups is 2. The van der Waals surface area contributed by atoms with Gasteiger partial charge < -0.3 is 73.2 Å². The van der Waals surface area contributed by atoms with E-state index in [9.17, 15) is 50.3 Å². The zero-order valence-corrected chi connectivity index (χ0v) is 49.5. The van der Waals surface area contributed by atoms with Crippen LogP contribution in [0.1, 0.15) is 55.5 Å². The third-order valence-corrected chi connectivity index (χ3v) is 13.4. The molecule has 3 aromatic rings. The van der Waals surface area contributed by atoms with Gasteiger partial charge in [0.2, 0.25) is 23.3 Å². The maximum absolute atomic E-state index is 14.0. The lowest BCUT2D eigenvalue weighted by molar-refractivity contribution is -0.180. The molecule has 25 nitrogen and oxygen atoms in total. The molecule has 5 N–H and O–H groups in total. The Morgan fingerprint density at radius 3 is 1.62 bits per heavy atom. The van der Waals surface area contributed by atoms with Gasteiger partial charge in [-0.1, -0.05) is 31.2 Å². The first-order chi connectivity index (χ1) is 42.0. The van der Waals surface area contributed by atoms with Gasteiger partial charge in [-0.05, 0) is 55.2 Å². The Morgan fingerprint density at radius 1 is 0.678 bits per heavy atom. The fraction of sp³-hybridized carbons (Fsp3) is 0.561. The number of nitrogens with two attached hydrogens (primary N) is 1. The predicted octanol–water partition coefficient (Wildman–Crippen LogP) is 3.98. The van der Waals surface area contributed by atoms with E-state index in [4.69, 9.17) is 62.5 Å². The van der Waals surface area contributed by atoms with Gasteiger partial charge in [0.1, 0.15) is 11.9 Å². The number of hydrogen-bond donors (Lipinski definition) is 4. The van der Waals surface area contributed by atoms with E-state index in [0.29, 0.717) is 122 Å². The second kappa shape index (κ2) is 39.0. The molecule has 2 aliphatic rings. The highest BCUT2D eigenvalue weighted by molar-refractivity contribution is 7.85. The zero-order chi connectivity index (χ0) is 63.0. The molecule has 0 saturated carbocycles. The van der Waals surface area contributed by atoms with Crippen LogP contribution in [0.5, 0.6) is 5.75 Å². The summed E-state index contributed by atoms with van der Waals surface area (Å²) >= 11 is 0. The van der Waals surface area contributed by atoms with Crippen molar-refractivity contribution in [2.75, 3.05) is 158 Å². The quantitative estimate of drug-likeness (QED) is 0.0118. The first-order valence-electron chi connectivity index (χ1n) is 28.3. The Balaban J connectivity index is 0.777. The van der Waals surface area contributed by atoms with Crippen molar-refractivity contribution in [2.45, 2.75) is 56.6 Å². The van der Waals surface area contributed by atoms with Crippen LogP contribution in [0, 0.1) is 23.3 Å². The lowest BCUT2D eigenvalue weighted by Gasteiger charge is -2.25. The lowest BCUT2D eigenvalue weighted by atomic mass is 9.99. The number of carbonyl (C=O) groups excluding carboxylic acids is 4. The summed E-state index contributed by atoms with van der Waals surface area (Å²) in [4.78, 5) is 61.3. The molecule has 0 bridgehead atoms. The number of carbonyl (C=O) groups is 4. The predicted molar refractivity (Wildman–Crippen MR) is 302 cm³/mol. The van der Waals surface area contributed by atoms with Crippen LogP contribution in [0.4, 0.5) is 23.2 Å². The molecule has 0 aliphatic carbocycles. The standard InChI is InChI=1S/C57H77F4N5O20S/c1-3-14-66(85-4-2)57(71)43-36-42-10-9-41(37-44(42)64-46(62)38-43)39-5-7-40(8-6-39)56(70)65-15-11-45(67)52(65)55(69)63-13-17-76-19-21-78-23-25-80-27-29-82-31-33-84-35-34-83-32-30-81-28-26-79-24-22-77-20-18-75-16-12-47(68)86-53-48(58)50(60)54(87(72,73)74)51(61)49(53)59/h5-10,36-37,45,52,67H,3-4,11-35,38H2,1-2H3,(H2,62,64)(H,63,69)(H,72,73,74)/t45-,52-/m0/s1. The Hall–Kier alpha value is -6.10. The Morgan fingerprint density at radius 2 is 1.15 bits per heavy atom. The number of aliphatic imine (C=N–C) groups is 1. The van der Waals surface area contributed by atoms with Gasteiger partial charge in [0.15, 0.2) is 16.5 Å². The van der Waals surface area contributed by atoms with Crippen LogP contribution in [0.15, 0.2) is 57.9 Å². The van der Waals surface area contributed by atoms with Crippen molar-refractivity contribution in [2.24, 2.45) is 10.7 Å². The number of rotatable bonds is 43. The molecule has 87 heavy (non-hydrogen) atoms. The molecular formula is C57H77F4N5O20S. The fourth-order valence-electron chi connectivity index (χ4n) is 8.40. The highest BCUT2D eigenvalue weighted by Crippen LogP contribution is 2.34. The minimum Gasteiger partial charge on any atom is -0.420 e. The SMILES string of the molecule is CCCN(OCC)C(=O)C1=Cc2ccc(-c3ccc(C(=O)N4CC[C@H](O)[C@H]4C(=O)NCCOCCOCCOCCOCCOCCOCCOCCOCCOCCOCCC(=O)Oc4c(F)c(F)c(S(=O)(=O)O)c(F)c4F)cc3)cc2N=C(N)C1. The third-order valence-electron chi connectivity index (χ3n) is 12.6. The van der Waals surface area contributed by atoms with Crippen molar-refractivity contribution >= 4 is 51.4 Å². The van der Waals surface area contributed by atoms with Crippen LogP contribution in [0.3, 0.4) is 0 Å². The van der Waals surface area contributed by atoms with Crippen molar-refractivity contribution in [3.05, 3.63) is 82.4 Å². The summed E-state index contributed by atoms with van der Waals surface area (Å²) in [6.07, 6.45) is 1.34. The number of likely N-dealkylation sites (tertiary alicyclic amines) is 1. The van der Waals surface area contributed by atoms with Crippen LogP contribution in [-0.2, 0) is 76.7 Å². The molecule has 3 amide bonds. The van der Waals surface area contributed by atoms with Gasteiger partial charge in [0.25, 0.3) is 11.8 Å². The summed E-state index contributed by atoms with van der Waals surface area (Å²) in [7, 11) is -5.66. The van der Waals surface area contributed by atoms with E-state index < -0.39 is 74.5 Å². The molecule has 484 valence electrons. The van der Waals surface area contributed by atoms with E-state index in [0.717, 1.165) is 23.1 Å². The normalized spacial score (nSPS) is 15.0. The summed E-state index contributed by atoms with van der Waals surface area (Å²) in [5.74, 6) is -13.5. The van der Waals surface area contributed by atoms with Gasteiger partial charge >= 0.3 is 16.1 Å². The van der Waals surface area contributed by atoms with Gasteiger partial charge in [0.05, 0.1) is 157 Å². The van der Waals surface area contributed by atoms with Crippen molar-refractivity contribution < 1.29 is 112 Å². The van der Waals surface area contributed by atoms with Gasteiger partial charge in [0, 0.05) is 42.8 Å². The van der Waals surface area contributed by atoms with Crippen molar-refractivity contribution in [3.63, 3.8) is 0 Å². The van der Waals surface area contributed by atoms with Crippen LogP contribution in [0.2, 0.25) is 0 Å². The maximum Gasteiger partial charge on any atom is 0.313 e. The number of benzene rings is 3. The largest absolute Gasteiger partial charge is 0.420 e. The van der Waals surface area contributed by atoms with Crippen LogP contribution in [0.25, 0.3) is 17.2 Å². The topological polar surface area (TPSA) is 311 Å². The van der Waals surface area contributed by atoms with Crippen molar-refractivity contribution in [1.82, 2.24) is 15.3 Å². The average Bonchev–Trinajstić information content (AvgIpc) is 1.45. The van der Waals surface area contributed by atoms with Crippen molar-refractivity contribution in [1.29, 1.82) is 0 Å². The molecule has 2 aliphatic heterocycles. The zero-order valence-electron chi connectivity index (χ0n) is 48.7. The molecule has 0 aromatic heterocycles. The van der Waals surface area contributed by atoms with Crippen LogP contribution < -0.4 is 15.8 Å².